The van der Waals surface area contributed by atoms with Crippen LogP contribution in [0.1, 0.15) is 30.1 Å². The zero-order valence-electron chi connectivity index (χ0n) is 10.8. The van der Waals surface area contributed by atoms with Gasteiger partial charge in [-0.05, 0) is 31.9 Å². The molecule has 104 valence electrons. The van der Waals surface area contributed by atoms with E-state index < -0.39 is 11.6 Å². The van der Waals surface area contributed by atoms with E-state index in [0.29, 0.717) is 34.0 Å². The third kappa shape index (κ3) is 2.58. The standard InChI is InChI=1S/C14H12ClF2N3/c1-7-12(15)19-14(8-2-3-8)20-13(7)18-9-4-5-10(16)11(17)6-9/h4-6,8H,2-3H2,1H3,(H,18,19,20). The lowest BCUT2D eigenvalue weighted by molar-refractivity contribution is 0.509. The second-order valence-electron chi connectivity index (χ2n) is 4.87. The third-order valence-electron chi connectivity index (χ3n) is 3.23. The maximum atomic E-state index is 13.2. The molecule has 0 aliphatic heterocycles. The van der Waals surface area contributed by atoms with E-state index in [1.807, 2.05) is 0 Å². The number of halogens is 3. The van der Waals surface area contributed by atoms with E-state index in [1.165, 1.54) is 6.07 Å². The molecule has 2 aromatic rings. The van der Waals surface area contributed by atoms with Crippen LogP contribution in [0.25, 0.3) is 0 Å². The fourth-order valence-corrected chi connectivity index (χ4v) is 2.04. The van der Waals surface area contributed by atoms with Crippen LogP contribution in [0.2, 0.25) is 5.15 Å². The molecule has 1 aromatic carbocycles. The number of rotatable bonds is 3. The number of aromatic nitrogens is 2. The normalized spacial score (nSPS) is 14.4. The van der Waals surface area contributed by atoms with Crippen molar-refractivity contribution in [1.29, 1.82) is 0 Å². The second-order valence-corrected chi connectivity index (χ2v) is 5.23. The predicted molar refractivity (Wildman–Crippen MR) is 73.4 cm³/mol. The van der Waals surface area contributed by atoms with Crippen molar-refractivity contribution in [1.82, 2.24) is 9.97 Å². The van der Waals surface area contributed by atoms with E-state index in [-0.39, 0.29) is 0 Å². The molecule has 0 spiro atoms. The number of anilines is 2. The number of hydrogen-bond acceptors (Lipinski definition) is 3. The average Bonchev–Trinajstić information content (AvgIpc) is 3.23. The Balaban J connectivity index is 1.94. The van der Waals surface area contributed by atoms with Gasteiger partial charge in [-0.2, -0.15) is 0 Å². The summed E-state index contributed by atoms with van der Waals surface area (Å²) in [6, 6.07) is 3.60. The van der Waals surface area contributed by atoms with Gasteiger partial charge in [0.1, 0.15) is 16.8 Å². The van der Waals surface area contributed by atoms with Crippen LogP contribution in [0, 0.1) is 18.6 Å². The molecule has 0 amide bonds. The summed E-state index contributed by atoms with van der Waals surface area (Å²) in [5.41, 5.74) is 1.10. The Kier molecular flexibility index (Phi) is 3.30. The molecule has 1 aliphatic rings. The molecule has 1 fully saturated rings. The topological polar surface area (TPSA) is 37.8 Å². The van der Waals surface area contributed by atoms with Crippen molar-refractivity contribution in [3.63, 3.8) is 0 Å². The van der Waals surface area contributed by atoms with E-state index in [0.717, 1.165) is 25.0 Å². The highest BCUT2D eigenvalue weighted by molar-refractivity contribution is 6.30. The molecule has 1 saturated carbocycles. The zero-order valence-corrected chi connectivity index (χ0v) is 11.5. The van der Waals surface area contributed by atoms with Gasteiger partial charge in [0.05, 0.1) is 0 Å². The van der Waals surface area contributed by atoms with Crippen LogP contribution in [-0.4, -0.2) is 9.97 Å². The van der Waals surface area contributed by atoms with E-state index >= 15 is 0 Å². The molecule has 1 N–H and O–H groups in total. The molecule has 0 unspecified atom stereocenters. The molecule has 1 aromatic heterocycles. The number of hydrogen-bond donors (Lipinski definition) is 1. The first-order valence-electron chi connectivity index (χ1n) is 6.30. The smallest absolute Gasteiger partial charge is 0.160 e. The second kappa shape index (κ2) is 4.98. The summed E-state index contributed by atoms with van der Waals surface area (Å²) in [5.74, 6) is -0.205. The molecule has 0 saturated heterocycles. The Labute approximate surface area is 120 Å². The summed E-state index contributed by atoms with van der Waals surface area (Å²) in [6.45, 7) is 1.78. The minimum absolute atomic E-state index is 0.360. The Morgan fingerprint density at radius 1 is 1.20 bits per heavy atom. The number of nitrogens with one attached hydrogen (secondary N) is 1. The van der Waals surface area contributed by atoms with Gasteiger partial charge in [0, 0.05) is 23.2 Å². The van der Waals surface area contributed by atoms with E-state index in [9.17, 15) is 8.78 Å². The van der Waals surface area contributed by atoms with Crippen LogP contribution in [-0.2, 0) is 0 Å². The van der Waals surface area contributed by atoms with Crippen molar-refractivity contribution in [2.24, 2.45) is 0 Å². The molecule has 0 bridgehead atoms. The van der Waals surface area contributed by atoms with Gasteiger partial charge in [-0.15, -0.1) is 0 Å². The Morgan fingerprint density at radius 2 is 1.95 bits per heavy atom. The minimum Gasteiger partial charge on any atom is -0.340 e. The van der Waals surface area contributed by atoms with Crippen LogP contribution >= 0.6 is 11.6 Å². The lowest BCUT2D eigenvalue weighted by Gasteiger charge is -2.11. The molecule has 1 heterocycles. The maximum Gasteiger partial charge on any atom is 0.160 e. The van der Waals surface area contributed by atoms with Gasteiger partial charge in [0.2, 0.25) is 0 Å². The van der Waals surface area contributed by atoms with Gasteiger partial charge in [-0.1, -0.05) is 11.6 Å². The minimum atomic E-state index is -0.907. The van der Waals surface area contributed by atoms with Crippen LogP contribution in [0.4, 0.5) is 20.3 Å². The molecule has 3 nitrogen and oxygen atoms in total. The van der Waals surface area contributed by atoms with Gasteiger partial charge in [-0.25, -0.2) is 18.7 Å². The highest BCUT2D eigenvalue weighted by Crippen LogP contribution is 2.39. The largest absolute Gasteiger partial charge is 0.340 e. The van der Waals surface area contributed by atoms with Crippen molar-refractivity contribution >= 4 is 23.1 Å². The van der Waals surface area contributed by atoms with Gasteiger partial charge in [0.25, 0.3) is 0 Å². The molecule has 1 aliphatic carbocycles. The van der Waals surface area contributed by atoms with Gasteiger partial charge >= 0.3 is 0 Å². The van der Waals surface area contributed by atoms with Gasteiger partial charge < -0.3 is 5.32 Å². The maximum absolute atomic E-state index is 13.2. The molecular weight excluding hydrogens is 284 g/mol. The predicted octanol–water partition coefficient (Wildman–Crippen LogP) is 4.34. The van der Waals surface area contributed by atoms with E-state index in [2.05, 4.69) is 15.3 Å². The molecular formula is C14H12ClF2N3. The number of benzene rings is 1. The summed E-state index contributed by atoms with van der Waals surface area (Å²) in [4.78, 5) is 8.67. The Hall–Kier alpha value is -1.75. The van der Waals surface area contributed by atoms with E-state index in [4.69, 9.17) is 11.6 Å². The molecule has 0 atom stereocenters. The third-order valence-corrected chi connectivity index (χ3v) is 3.60. The first-order valence-corrected chi connectivity index (χ1v) is 6.68. The lowest BCUT2D eigenvalue weighted by atomic mass is 10.2. The summed E-state index contributed by atoms with van der Waals surface area (Å²) >= 11 is 6.09. The van der Waals surface area contributed by atoms with Gasteiger partial charge in [0.15, 0.2) is 11.6 Å². The number of nitrogens with zero attached hydrogens (tertiary/aromatic N) is 2. The SMILES string of the molecule is Cc1c(Cl)nc(C2CC2)nc1Nc1ccc(F)c(F)c1. The summed E-state index contributed by atoms with van der Waals surface area (Å²) < 4.78 is 26.1. The summed E-state index contributed by atoms with van der Waals surface area (Å²) in [7, 11) is 0. The highest BCUT2D eigenvalue weighted by Gasteiger charge is 2.28. The zero-order chi connectivity index (χ0) is 14.3. The van der Waals surface area contributed by atoms with Crippen molar-refractivity contribution in [2.75, 3.05) is 5.32 Å². The van der Waals surface area contributed by atoms with Crippen molar-refractivity contribution in [2.45, 2.75) is 25.7 Å². The van der Waals surface area contributed by atoms with Crippen LogP contribution in [0.3, 0.4) is 0 Å². The first kappa shape index (κ1) is 13.2. The quantitative estimate of drug-likeness (QED) is 0.856. The van der Waals surface area contributed by atoms with Crippen molar-refractivity contribution in [3.8, 4) is 0 Å². The van der Waals surface area contributed by atoms with Crippen molar-refractivity contribution < 1.29 is 8.78 Å². The molecule has 0 radical (unpaired) electrons. The van der Waals surface area contributed by atoms with Crippen LogP contribution in [0.15, 0.2) is 18.2 Å². The monoisotopic (exact) mass is 295 g/mol. The summed E-state index contributed by atoms with van der Waals surface area (Å²) in [5, 5.41) is 3.34. The van der Waals surface area contributed by atoms with E-state index in [1.54, 1.807) is 6.92 Å². The molecule has 20 heavy (non-hydrogen) atoms. The first-order chi connectivity index (χ1) is 9.54. The Bertz CT molecular complexity index is 672. The molecule has 6 heteroatoms. The lowest BCUT2D eigenvalue weighted by Crippen LogP contribution is -2.03. The van der Waals surface area contributed by atoms with Crippen LogP contribution < -0.4 is 5.32 Å². The highest BCUT2D eigenvalue weighted by atomic mass is 35.5. The van der Waals surface area contributed by atoms with Crippen molar-refractivity contribution in [3.05, 3.63) is 46.4 Å². The van der Waals surface area contributed by atoms with Crippen LogP contribution in [0.5, 0.6) is 0 Å². The Morgan fingerprint density at radius 3 is 2.60 bits per heavy atom. The van der Waals surface area contributed by atoms with Gasteiger partial charge in [-0.3, -0.25) is 0 Å². The fourth-order valence-electron chi connectivity index (χ4n) is 1.86. The average molecular weight is 296 g/mol. The fraction of sp³-hybridized carbons (Fsp3) is 0.286. The molecule has 3 rings (SSSR count). The summed E-state index contributed by atoms with van der Waals surface area (Å²) in [6.07, 6.45) is 2.12.